The first-order chi connectivity index (χ1) is 6.15. The summed E-state index contributed by atoms with van der Waals surface area (Å²) in [4.78, 5) is 22.0. The van der Waals surface area contributed by atoms with Gasteiger partial charge in [-0.25, -0.2) is 0 Å². The Hall–Kier alpha value is -1.06. The van der Waals surface area contributed by atoms with Gasteiger partial charge in [0.25, 0.3) is 0 Å². The van der Waals surface area contributed by atoms with Gasteiger partial charge < -0.3 is 9.47 Å². The Morgan fingerprint density at radius 1 is 1.77 bits per heavy atom. The first-order valence-corrected chi connectivity index (χ1v) is 4.51. The molecule has 0 aromatic heterocycles. The van der Waals surface area contributed by atoms with Crippen LogP contribution in [0.5, 0.6) is 0 Å². The fraction of sp³-hybridized carbons (Fsp3) is 0.778. The Bertz CT molecular complexity index is 212. The van der Waals surface area contributed by atoms with Crippen LogP contribution in [0.4, 0.5) is 0 Å². The lowest BCUT2D eigenvalue weighted by Crippen LogP contribution is -2.26. The number of cyclic esters (lactones) is 1. The molecule has 2 atom stereocenters. The summed E-state index contributed by atoms with van der Waals surface area (Å²) < 4.78 is 9.79. The molecule has 0 aromatic rings. The maximum absolute atomic E-state index is 11.1. The van der Waals surface area contributed by atoms with Gasteiger partial charge in [0.15, 0.2) is 0 Å². The Morgan fingerprint density at radius 3 is 2.92 bits per heavy atom. The topological polar surface area (TPSA) is 52.6 Å². The molecule has 1 saturated heterocycles. The van der Waals surface area contributed by atoms with E-state index in [0.717, 1.165) is 0 Å². The van der Waals surface area contributed by atoms with Crippen molar-refractivity contribution in [2.24, 2.45) is 5.92 Å². The SMILES string of the molecule is CCC(=O)OC(C)C1CCOC1=O. The highest BCUT2D eigenvalue weighted by molar-refractivity contribution is 5.75. The first-order valence-electron chi connectivity index (χ1n) is 4.51. The zero-order chi connectivity index (χ0) is 9.84. The van der Waals surface area contributed by atoms with E-state index in [1.165, 1.54) is 0 Å². The molecule has 4 heteroatoms. The predicted octanol–water partition coefficient (Wildman–Crippen LogP) is 0.891. The molecule has 0 aromatic carbocycles. The van der Waals surface area contributed by atoms with Gasteiger partial charge in [-0.3, -0.25) is 9.59 Å². The molecule has 0 spiro atoms. The predicted molar refractivity (Wildman–Crippen MR) is 44.9 cm³/mol. The summed E-state index contributed by atoms with van der Waals surface area (Å²) in [6.07, 6.45) is 0.630. The van der Waals surface area contributed by atoms with Crippen LogP contribution < -0.4 is 0 Å². The van der Waals surface area contributed by atoms with E-state index in [4.69, 9.17) is 9.47 Å². The summed E-state index contributed by atoms with van der Waals surface area (Å²) in [6.45, 7) is 3.89. The van der Waals surface area contributed by atoms with Crippen LogP contribution in [0.3, 0.4) is 0 Å². The zero-order valence-corrected chi connectivity index (χ0v) is 7.91. The third-order valence-corrected chi connectivity index (χ3v) is 2.15. The lowest BCUT2D eigenvalue weighted by molar-refractivity contribution is -0.154. The molecule has 0 bridgehead atoms. The van der Waals surface area contributed by atoms with Crippen LogP contribution in [0.25, 0.3) is 0 Å². The highest BCUT2D eigenvalue weighted by Crippen LogP contribution is 2.20. The van der Waals surface area contributed by atoms with E-state index in [1.54, 1.807) is 13.8 Å². The van der Waals surface area contributed by atoms with Crippen LogP contribution in [0.1, 0.15) is 26.7 Å². The molecule has 1 heterocycles. The Balaban J connectivity index is 2.42. The van der Waals surface area contributed by atoms with E-state index < -0.39 is 0 Å². The molecule has 0 amide bonds. The van der Waals surface area contributed by atoms with Crippen molar-refractivity contribution < 1.29 is 19.1 Å². The monoisotopic (exact) mass is 186 g/mol. The van der Waals surface area contributed by atoms with Crippen LogP contribution in [-0.2, 0) is 19.1 Å². The van der Waals surface area contributed by atoms with Crippen LogP contribution in [0.2, 0.25) is 0 Å². The molecule has 1 aliphatic heterocycles. The van der Waals surface area contributed by atoms with Gasteiger partial charge in [0.1, 0.15) is 6.10 Å². The largest absolute Gasteiger partial charge is 0.465 e. The summed E-state index contributed by atoms with van der Waals surface area (Å²) in [5, 5.41) is 0. The highest BCUT2D eigenvalue weighted by atomic mass is 16.6. The summed E-state index contributed by atoms with van der Waals surface area (Å²) in [5.74, 6) is -0.792. The number of carbonyl (C=O) groups excluding carboxylic acids is 2. The van der Waals surface area contributed by atoms with Gasteiger partial charge in [-0.2, -0.15) is 0 Å². The molecule has 2 unspecified atom stereocenters. The average Bonchev–Trinajstić information content (AvgIpc) is 2.51. The standard InChI is InChI=1S/C9H14O4/c1-3-8(10)13-6(2)7-4-5-12-9(7)11/h6-7H,3-5H2,1-2H3. The number of esters is 2. The smallest absolute Gasteiger partial charge is 0.312 e. The number of rotatable bonds is 3. The van der Waals surface area contributed by atoms with Gasteiger partial charge in [-0.05, 0) is 13.3 Å². The molecule has 1 rings (SSSR count). The molecule has 1 fully saturated rings. The third-order valence-electron chi connectivity index (χ3n) is 2.15. The maximum Gasteiger partial charge on any atom is 0.312 e. The van der Waals surface area contributed by atoms with Crippen molar-refractivity contribution in [3.8, 4) is 0 Å². The van der Waals surface area contributed by atoms with E-state index >= 15 is 0 Å². The van der Waals surface area contributed by atoms with Crippen molar-refractivity contribution in [3.63, 3.8) is 0 Å². The second kappa shape index (κ2) is 4.25. The summed E-state index contributed by atoms with van der Waals surface area (Å²) in [5.41, 5.74) is 0. The summed E-state index contributed by atoms with van der Waals surface area (Å²) in [6, 6.07) is 0. The lowest BCUT2D eigenvalue weighted by Gasteiger charge is -2.15. The second-order valence-corrected chi connectivity index (χ2v) is 3.11. The van der Waals surface area contributed by atoms with Gasteiger partial charge >= 0.3 is 11.9 Å². The fourth-order valence-corrected chi connectivity index (χ4v) is 1.31. The Kier molecular flexibility index (Phi) is 3.28. The van der Waals surface area contributed by atoms with Crippen molar-refractivity contribution in [1.29, 1.82) is 0 Å². The Labute approximate surface area is 77.2 Å². The third kappa shape index (κ3) is 2.44. The van der Waals surface area contributed by atoms with Crippen molar-refractivity contribution in [3.05, 3.63) is 0 Å². The average molecular weight is 186 g/mol. The molecular formula is C9H14O4. The molecular weight excluding hydrogens is 172 g/mol. The number of ether oxygens (including phenoxy) is 2. The number of hydrogen-bond acceptors (Lipinski definition) is 4. The minimum absolute atomic E-state index is 0.253. The van der Waals surface area contributed by atoms with Crippen LogP contribution in [-0.4, -0.2) is 24.6 Å². The lowest BCUT2D eigenvalue weighted by atomic mass is 10.0. The van der Waals surface area contributed by atoms with Crippen LogP contribution in [0.15, 0.2) is 0 Å². The van der Waals surface area contributed by atoms with Gasteiger partial charge in [0.2, 0.25) is 0 Å². The Morgan fingerprint density at radius 2 is 2.46 bits per heavy atom. The van der Waals surface area contributed by atoms with Crippen molar-refractivity contribution in [2.45, 2.75) is 32.8 Å². The van der Waals surface area contributed by atoms with Gasteiger partial charge in [0, 0.05) is 6.42 Å². The van der Waals surface area contributed by atoms with E-state index in [0.29, 0.717) is 19.4 Å². The second-order valence-electron chi connectivity index (χ2n) is 3.11. The molecule has 1 aliphatic rings. The van der Waals surface area contributed by atoms with Crippen LogP contribution >= 0.6 is 0 Å². The molecule has 4 nitrogen and oxygen atoms in total. The van der Waals surface area contributed by atoms with Crippen molar-refractivity contribution >= 4 is 11.9 Å². The normalized spacial score (nSPS) is 23.8. The van der Waals surface area contributed by atoms with E-state index in [1.807, 2.05) is 0 Å². The molecule has 74 valence electrons. The molecule has 13 heavy (non-hydrogen) atoms. The number of hydrogen-bond donors (Lipinski definition) is 0. The van der Waals surface area contributed by atoms with Gasteiger partial charge in [-0.15, -0.1) is 0 Å². The quantitative estimate of drug-likeness (QED) is 0.614. The highest BCUT2D eigenvalue weighted by Gasteiger charge is 2.33. The van der Waals surface area contributed by atoms with Crippen LogP contribution in [0, 0.1) is 5.92 Å². The summed E-state index contributed by atoms with van der Waals surface area (Å²) >= 11 is 0. The van der Waals surface area contributed by atoms with E-state index in [9.17, 15) is 9.59 Å². The van der Waals surface area contributed by atoms with Crippen molar-refractivity contribution in [1.82, 2.24) is 0 Å². The molecule has 0 N–H and O–H groups in total. The first kappa shape index (κ1) is 10.0. The minimum atomic E-state index is -0.359. The van der Waals surface area contributed by atoms with Gasteiger partial charge in [-0.1, -0.05) is 6.92 Å². The summed E-state index contributed by atoms with van der Waals surface area (Å²) in [7, 11) is 0. The zero-order valence-electron chi connectivity index (χ0n) is 7.91. The van der Waals surface area contributed by atoms with E-state index in [2.05, 4.69) is 0 Å². The molecule has 0 aliphatic carbocycles. The minimum Gasteiger partial charge on any atom is -0.465 e. The number of carbonyl (C=O) groups is 2. The molecule has 0 saturated carbocycles. The van der Waals surface area contributed by atoms with E-state index in [-0.39, 0.29) is 24.0 Å². The molecule has 0 radical (unpaired) electrons. The van der Waals surface area contributed by atoms with Gasteiger partial charge in [0.05, 0.1) is 12.5 Å². The van der Waals surface area contributed by atoms with Crippen molar-refractivity contribution in [2.75, 3.05) is 6.61 Å². The maximum atomic E-state index is 11.1. The fourth-order valence-electron chi connectivity index (χ4n) is 1.31.